The first kappa shape index (κ1) is 20.0. The Labute approximate surface area is 186 Å². The fraction of sp³-hybridized carbons (Fsp3) is 0.208. The maximum Gasteiger partial charge on any atom is 0.266 e. The number of benzene rings is 2. The third kappa shape index (κ3) is 3.20. The molecule has 1 aliphatic rings. The lowest BCUT2D eigenvalue weighted by Gasteiger charge is -2.24. The number of anilines is 1. The van der Waals surface area contributed by atoms with Crippen molar-refractivity contribution in [1.29, 1.82) is 0 Å². The van der Waals surface area contributed by atoms with Crippen LogP contribution in [-0.2, 0) is 23.5 Å². The molecule has 2 aromatic carbocycles. The maximum absolute atomic E-state index is 13.7. The summed E-state index contributed by atoms with van der Waals surface area (Å²) in [5.74, 6) is 0. The van der Waals surface area contributed by atoms with E-state index in [-0.39, 0.29) is 6.04 Å². The van der Waals surface area contributed by atoms with E-state index in [1.54, 1.807) is 10.4 Å². The number of fused-ring (bicyclic) bond motifs is 1. The largest absolute Gasteiger partial charge is 0.345 e. The van der Waals surface area contributed by atoms with Gasteiger partial charge in [-0.05, 0) is 38.0 Å². The number of thiazole rings is 1. The van der Waals surface area contributed by atoms with Gasteiger partial charge in [-0.2, -0.15) is 0 Å². The van der Waals surface area contributed by atoms with Crippen molar-refractivity contribution in [3.05, 3.63) is 77.3 Å². The lowest BCUT2D eigenvalue weighted by Crippen LogP contribution is -2.35. The molecule has 5 rings (SSSR count). The molecular formula is C24H23N3O2S2. The summed E-state index contributed by atoms with van der Waals surface area (Å²) in [4.78, 5) is 5.12. The Morgan fingerprint density at radius 2 is 1.77 bits per heavy atom. The monoisotopic (exact) mass is 449 g/mol. The van der Waals surface area contributed by atoms with E-state index in [0.717, 1.165) is 39.6 Å². The molecule has 7 heteroatoms. The molecule has 1 aliphatic heterocycles. The standard InChI is InChI=1S/C24H23N3O2S2/c1-16-13-19-11-7-8-12-21(19)27(16)31(28,29)23-14-22(26(3)17(23)2)24-25-20(15-30-24)18-9-5-4-6-10-18/h4-12,14-16H,13H2,1-3H3. The summed E-state index contributed by atoms with van der Waals surface area (Å²) in [6, 6.07) is 19.4. The van der Waals surface area contributed by atoms with Gasteiger partial charge in [0.15, 0.2) is 0 Å². The topological polar surface area (TPSA) is 55.2 Å². The van der Waals surface area contributed by atoms with E-state index >= 15 is 0 Å². The zero-order valence-electron chi connectivity index (χ0n) is 17.6. The van der Waals surface area contributed by atoms with E-state index in [2.05, 4.69) is 0 Å². The quantitative estimate of drug-likeness (QED) is 0.427. The van der Waals surface area contributed by atoms with E-state index in [0.29, 0.717) is 10.6 Å². The molecule has 31 heavy (non-hydrogen) atoms. The predicted molar refractivity (Wildman–Crippen MR) is 126 cm³/mol. The Morgan fingerprint density at radius 1 is 1.06 bits per heavy atom. The van der Waals surface area contributed by atoms with Crippen LogP contribution in [0.2, 0.25) is 0 Å². The highest BCUT2D eigenvalue weighted by Crippen LogP contribution is 2.39. The molecule has 0 N–H and O–H groups in total. The molecule has 5 nitrogen and oxygen atoms in total. The van der Waals surface area contributed by atoms with Crippen LogP contribution in [0.3, 0.4) is 0 Å². The van der Waals surface area contributed by atoms with E-state index in [9.17, 15) is 8.42 Å². The second-order valence-electron chi connectivity index (χ2n) is 7.92. The van der Waals surface area contributed by atoms with Crippen LogP contribution in [0.5, 0.6) is 0 Å². The number of rotatable bonds is 4. The zero-order chi connectivity index (χ0) is 21.8. The van der Waals surface area contributed by atoms with Crippen LogP contribution in [-0.4, -0.2) is 24.0 Å². The average molecular weight is 450 g/mol. The van der Waals surface area contributed by atoms with Crippen molar-refractivity contribution in [1.82, 2.24) is 9.55 Å². The number of hydrogen-bond acceptors (Lipinski definition) is 4. The van der Waals surface area contributed by atoms with Crippen LogP contribution < -0.4 is 4.31 Å². The molecule has 158 valence electrons. The Morgan fingerprint density at radius 3 is 2.55 bits per heavy atom. The average Bonchev–Trinajstić information content (AvgIpc) is 3.45. The fourth-order valence-electron chi connectivity index (χ4n) is 4.28. The normalized spacial score (nSPS) is 16.0. The number of nitrogens with zero attached hydrogens (tertiary/aromatic N) is 3. The third-order valence-corrected chi connectivity index (χ3v) is 8.87. The first-order valence-electron chi connectivity index (χ1n) is 10.2. The molecule has 0 saturated heterocycles. The highest BCUT2D eigenvalue weighted by molar-refractivity contribution is 7.93. The van der Waals surface area contributed by atoms with Crippen molar-refractivity contribution < 1.29 is 8.42 Å². The van der Waals surface area contributed by atoms with Crippen molar-refractivity contribution in [3.63, 3.8) is 0 Å². The number of para-hydroxylation sites is 1. The molecule has 1 atom stereocenters. The molecule has 0 fully saturated rings. The minimum atomic E-state index is -3.70. The predicted octanol–water partition coefficient (Wildman–Crippen LogP) is 5.26. The summed E-state index contributed by atoms with van der Waals surface area (Å²) in [6.07, 6.45) is 0.723. The smallest absolute Gasteiger partial charge is 0.266 e. The highest BCUT2D eigenvalue weighted by Gasteiger charge is 2.37. The SMILES string of the molecule is Cc1c(S(=O)(=O)N2c3ccccc3CC2C)cc(-c2nc(-c3ccccc3)cs2)n1C. The molecule has 4 aromatic rings. The van der Waals surface area contributed by atoms with Crippen LogP contribution in [0.15, 0.2) is 70.9 Å². The van der Waals surface area contributed by atoms with Crippen LogP contribution in [0.25, 0.3) is 22.0 Å². The number of aromatic nitrogens is 2. The van der Waals surface area contributed by atoms with E-state index in [1.807, 2.05) is 85.4 Å². The van der Waals surface area contributed by atoms with Gasteiger partial charge in [-0.1, -0.05) is 48.5 Å². The van der Waals surface area contributed by atoms with Crippen LogP contribution in [0.4, 0.5) is 5.69 Å². The van der Waals surface area contributed by atoms with Crippen LogP contribution in [0.1, 0.15) is 18.2 Å². The van der Waals surface area contributed by atoms with Crippen molar-refractivity contribution in [2.45, 2.75) is 31.2 Å². The summed E-state index contributed by atoms with van der Waals surface area (Å²) in [7, 11) is -1.80. The Hall–Kier alpha value is -2.90. The maximum atomic E-state index is 13.7. The lowest BCUT2D eigenvalue weighted by molar-refractivity contribution is 0.583. The highest BCUT2D eigenvalue weighted by atomic mass is 32.2. The minimum absolute atomic E-state index is 0.116. The van der Waals surface area contributed by atoms with E-state index in [1.165, 1.54) is 11.3 Å². The minimum Gasteiger partial charge on any atom is -0.345 e. The van der Waals surface area contributed by atoms with Crippen molar-refractivity contribution in [3.8, 4) is 22.0 Å². The van der Waals surface area contributed by atoms with Gasteiger partial charge in [0, 0.05) is 29.7 Å². The van der Waals surface area contributed by atoms with Gasteiger partial charge in [0.25, 0.3) is 10.0 Å². The first-order valence-corrected chi connectivity index (χ1v) is 12.5. The van der Waals surface area contributed by atoms with Gasteiger partial charge in [0.2, 0.25) is 0 Å². The summed E-state index contributed by atoms with van der Waals surface area (Å²) < 4.78 is 31.0. The summed E-state index contributed by atoms with van der Waals surface area (Å²) >= 11 is 1.53. The summed E-state index contributed by atoms with van der Waals surface area (Å²) in [5, 5.41) is 2.82. The molecule has 0 spiro atoms. The molecule has 2 aromatic heterocycles. The fourth-order valence-corrected chi connectivity index (χ4v) is 7.13. The number of hydrogen-bond donors (Lipinski definition) is 0. The Kier molecular flexibility index (Phi) is 4.75. The molecule has 0 bridgehead atoms. The molecule has 0 amide bonds. The second kappa shape index (κ2) is 7.35. The zero-order valence-corrected chi connectivity index (χ0v) is 19.2. The van der Waals surface area contributed by atoms with Gasteiger partial charge in [-0.25, -0.2) is 13.4 Å². The molecule has 1 unspecified atom stereocenters. The molecule has 3 heterocycles. The van der Waals surface area contributed by atoms with Gasteiger partial charge in [-0.15, -0.1) is 11.3 Å². The number of sulfonamides is 1. The van der Waals surface area contributed by atoms with Gasteiger partial charge in [0.05, 0.1) is 17.1 Å². The Balaban J connectivity index is 1.57. The molecule has 0 aliphatic carbocycles. The van der Waals surface area contributed by atoms with E-state index < -0.39 is 10.0 Å². The molecular weight excluding hydrogens is 426 g/mol. The third-order valence-electron chi connectivity index (χ3n) is 5.96. The lowest BCUT2D eigenvalue weighted by atomic mass is 10.1. The van der Waals surface area contributed by atoms with Crippen molar-refractivity contribution in [2.24, 2.45) is 7.05 Å². The summed E-state index contributed by atoms with van der Waals surface area (Å²) in [6.45, 7) is 3.82. The molecule has 0 saturated carbocycles. The van der Waals surface area contributed by atoms with Crippen molar-refractivity contribution >= 4 is 27.0 Å². The van der Waals surface area contributed by atoms with Crippen LogP contribution in [0, 0.1) is 6.92 Å². The summed E-state index contributed by atoms with van der Waals surface area (Å²) in [5.41, 5.74) is 5.31. The van der Waals surface area contributed by atoms with Gasteiger partial charge in [-0.3, -0.25) is 4.31 Å². The molecule has 0 radical (unpaired) electrons. The van der Waals surface area contributed by atoms with Crippen LogP contribution >= 0.6 is 11.3 Å². The first-order chi connectivity index (χ1) is 14.9. The Bertz CT molecular complexity index is 1370. The van der Waals surface area contributed by atoms with Gasteiger partial charge >= 0.3 is 0 Å². The second-order valence-corrected chi connectivity index (χ2v) is 10.6. The van der Waals surface area contributed by atoms with E-state index in [4.69, 9.17) is 4.98 Å². The van der Waals surface area contributed by atoms with Gasteiger partial charge in [0.1, 0.15) is 9.90 Å². The van der Waals surface area contributed by atoms with Gasteiger partial charge < -0.3 is 4.57 Å². The van der Waals surface area contributed by atoms with Crippen molar-refractivity contribution in [2.75, 3.05) is 4.31 Å².